The van der Waals surface area contributed by atoms with Gasteiger partial charge in [0.15, 0.2) is 0 Å². The smallest absolute Gasteiger partial charge is 0.408 e. The van der Waals surface area contributed by atoms with Crippen LogP contribution in [0.3, 0.4) is 0 Å². The molecule has 6 heteroatoms. The van der Waals surface area contributed by atoms with Gasteiger partial charge in [-0.2, -0.15) is 0 Å². The highest BCUT2D eigenvalue weighted by atomic mass is 16.6. The zero-order valence-electron chi connectivity index (χ0n) is 12.6. The molecule has 0 bridgehead atoms. The number of amides is 1. The minimum atomic E-state index is -0.726. The Morgan fingerprint density at radius 1 is 1.35 bits per heavy atom. The number of rotatable bonds is 8. The highest BCUT2D eigenvalue weighted by Crippen LogP contribution is 2.09. The molecular weight excluding hydrogens is 260 g/mol. The van der Waals surface area contributed by atoms with Gasteiger partial charge in [-0.25, -0.2) is 9.59 Å². The molecular formula is C14H26N2O4. The predicted octanol–water partition coefficient (Wildman–Crippen LogP) is 1.74. The van der Waals surface area contributed by atoms with Crippen LogP contribution < -0.4 is 11.1 Å². The van der Waals surface area contributed by atoms with Crippen LogP contribution in [-0.4, -0.2) is 36.9 Å². The fourth-order valence-corrected chi connectivity index (χ4v) is 1.43. The Morgan fingerprint density at radius 2 is 2.00 bits per heavy atom. The third-order valence-electron chi connectivity index (χ3n) is 2.27. The molecule has 0 heterocycles. The van der Waals surface area contributed by atoms with Gasteiger partial charge in [-0.05, 0) is 46.6 Å². The first kappa shape index (κ1) is 18.4. The number of unbranched alkanes of at least 4 members (excludes halogenated alkanes) is 1. The molecule has 0 aromatic heterocycles. The van der Waals surface area contributed by atoms with Gasteiger partial charge >= 0.3 is 12.1 Å². The molecule has 0 unspecified atom stereocenters. The van der Waals surface area contributed by atoms with Crippen molar-refractivity contribution in [1.82, 2.24) is 5.32 Å². The Kier molecular flexibility index (Phi) is 8.63. The van der Waals surface area contributed by atoms with Gasteiger partial charge in [-0.3, -0.25) is 0 Å². The molecule has 20 heavy (non-hydrogen) atoms. The van der Waals surface area contributed by atoms with Gasteiger partial charge < -0.3 is 20.5 Å². The van der Waals surface area contributed by atoms with Crippen molar-refractivity contribution in [3.63, 3.8) is 0 Å². The molecule has 0 aliphatic carbocycles. The summed E-state index contributed by atoms with van der Waals surface area (Å²) in [5.74, 6) is -0.493. The average molecular weight is 286 g/mol. The van der Waals surface area contributed by atoms with Crippen molar-refractivity contribution in [2.45, 2.75) is 51.7 Å². The van der Waals surface area contributed by atoms with E-state index in [1.54, 1.807) is 20.8 Å². The Morgan fingerprint density at radius 3 is 2.50 bits per heavy atom. The molecule has 0 saturated heterocycles. The van der Waals surface area contributed by atoms with Gasteiger partial charge in [0.1, 0.15) is 18.2 Å². The van der Waals surface area contributed by atoms with E-state index in [1.165, 1.54) is 6.08 Å². The van der Waals surface area contributed by atoms with E-state index in [0.717, 1.165) is 12.8 Å². The van der Waals surface area contributed by atoms with Crippen molar-refractivity contribution in [1.29, 1.82) is 0 Å². The Balaban J connectivity index is 4.46. The fourth-order valence-electron chi connectivity index (χ4n) is 1.43. The normalized spacial score (nSPS) is 12.4. The van der Waals surface area contributed by atoms with Crippen LogP contribution >= 0.6 is 0 Å². The van der Waals surface area contributed by atoms with Gasteiger partial charge in [0.25, 0.3) is 0 Å². The number of nitrogens with two attached hydrogens (primary N) is 1. The molecule has 0 fully saturated rings. The lowest BCUT2D eigenvalue weighted by molar-refractivity contribution is -0.145. The molecule has 116 valence electrons. The minimum absolute atomic E-state index is 0.113. The lowest BCUT2D eigenvalue weighted by Crippen LogP contribution is -2.44. The van der Waals surface area contributed by atoms with Crippen molar-refractivity contribution in [2.24, 2.45) is 5.73 Å². The van der Waals surface area contributed by atoms with Crippen molar-refractivity contribution in [3.05, 3.63) is 12.7 Å². The summed E-state index contributed by atoms with van der Waals surface area (Å²) in [5, 5.41) is 2.53. The summed E-state index contributed by atoms with van der Waals surface area (Å²) in [6.45, 7) is 9.39. The first-order chi connectivity index (χ1) is 9.30. The van der Waals surface area contributed by atoms with E-state index < -0.39 is 23.7 Å². The zero-order chi connectivity index (χ0) is 15.6. The average Bonchev–Trinajstić information content (AvgIpc) is 2.32. The second-order valence-electron chi connectivity index (χ2n) is 5.40. The monoisotopic (exact) mass is 286 g/mol. The first-order valence-electron chi connectivity index (χ1n) is 6.77. The van der Waals surface area contributed by atoms with Crippen molar-refractivity contribution >= 4 is 12.1 Å². The molecule has 0 spiro atoms. The molecule has 0 aliphatic heterocycles. The van der Waals surface area contributed by atoms with Crippen LogP contribution in [0.25, 0.3) is 0 Å². The Bertz CT molecular complexity index is 324. The van der Waals surface area contributed by atoms with Gasteiger partial charge in [0.2, 0.25) is 0 Å². The lowest BCUT2D eigenvalue weighted by Gasteiger charge is -2.22. The maximum atomic E-state index is 11.8. The van der Waals surface area contributed by atoms with Gasteiger partial charge in [-0.1, -0.05) is 12.7 Å². The van der Waals surface area contributed by atoms with Crippen molar-refractivity contribution in [2.75, 3.05) is 13.2 Å². The SMILES string of the molecule is C=CCOC(=O)[C@H](CCCCN)NC(=O)OC(C)(C)C. The summed E-state index contributed by atoms with van der Waals surface area (Å²) < 4.78 is 10.1. The zero-order valence-corrected chi connectivity index (χ0v) is 12.6. The molecule has 3 N–H and O–H groups in total. The van der Waals surface area contributed by atoms with Crippen molar-refractivity contribution < 1.29 is 19.1 Å². The third kappa shape index (κ3) is 9.38. The summed E-state index contributed by atoms with van der Waals surface area (Å²) in [6.07, 6.45) is 2.81. The number of esters is 1. The topological polar surface area (TPSA) is 90.6 Å². The van der Waals surface area contributed by atoms with Crippen LogP contribution in [0.4, 0.5) is 4.79 Å². The quantitative estimate of drug-likeness (QED) is 0.403. The van der Waals surface area contributed by atoms with Crippen molar-refractivity contribution in [3.8, 4) is 0 Å². The number of alkyl carbamates (subject to hydrolysis) is 1. The van der Waals surface area contributed by atoms with E-state index in [0.29, 0.717) is 13.0 Å². The summed E-state index contributed by atoms with van der Waals surface area (Å²) in [7, 11) is 0. The summed E-state index contributed by atoms with van der Waals surface area (Å²) in [5.41, 5.74) is 4.80. The summed E-state index contributed by atoms with van der Waals surface area (Å²) in [4.78, 5) is 23.5. The summed E-state index contributed by atoms with van der Waals surface area (Å²) >= 11 is 0. The lowest BCUT2D eigenvalue weighted by atomic mass is 10.1. The Hall–Kier alpha value is -1.56. The Labute approximate surface area is 120 Å². The number of carbonyl (C=O) groups excluding carboxylic acids is 2. The highest BCUT2D eigenvalue weighted by molar-refractivity contribution is 5.81. The van der Waals surface area contributed by atoms with Crippen LogP contribution in [0.15, 0.2) is 12.7 Å². The highest BCUT2D eigenvalue weighted by Gasteiger charge is 2.24. The van der Waals surface area contributed by atoms with Crippen LogP contribution in [-0.2, 0) is 14.3 Å². The second-order valence-corrected chi connectivity index (χ2v) is 5.40. The van der Waals surface area contributed by atoms with E-state index in [-0.39, 0.29) is 6.61 Å². The third-order valence-corrected chi connectivity index (χ3v) is 2.27. The molecule has 0 aromatic carbocycles. The molecule has 0 aliphatic rings. The second kappa shape index (κ2) is 9.36. The minimum Gasteiger partial charge on any atom is -0.460 e. The largest absolute Gasteiger partial charge is 0.460 e. The number of hydrogen-bond acceptors (Lipinski definition) is 5. The number of hydrogen-bond donors (Lipinski definition) is 2. The maximum Gasteiger partial charge on any atom is 0.408 e. The van der Waals surface area contributed by atoms with Crippen LogP contribution in [0, 0.1) is 0 Å². The molecule has 0 saturated carbocycles. The van der Waals surface area contributed by atoms with Crippen LogP contribution in [0.2, 0.25) is 0 Å². The number of ether oxygens (including phenoxy) is 2. The van der Waals surface area contributed by atoms with E-state index in [1.807, 2.05) is 0 Å². The predicted molar refractivity (Wildman–Crippen MR) is 77.2 cm³/mol. The van der Waals surface area contributed by atoms with E-state index >= 15 is 0 Å². The molecule has 1 amide bonds. The number of nitrogens with one attached hydrogen (secondary N) is 1. The standard InChI is InChI=1S/C14H26N2O4/c1-5-10-19-12(17)11(8-6-7-9-15)16-13(18)20-14(2,3)4/h5,11H,1,6-10,15H2,2-4H3,(H,16,18)/t11-/m0/s1. The van der Waals surface area contributed by atoms with Gasteiger partial charge in [0, 0.05) is 0 Å². The first-order valence-corrected chi connectivity index (χ1v) is 6.77. The molecule has 0 aromatic rings. The molecule has 1 atom stereocenters. The number of carbonyl (C=O) groups is 2. The molecule has 6 nitrogen and oxygen atoms in total. The molecule has 0 radical (unpaired) electrons. The van der Waals surface area contributed by atoms with Crippen LogP contribution in [0.5, 0.6) is 0 Å². The van der Waals surface area contributed by atoms with E-state index in [2.05, 4.69) is 11.9 Å². The van der Waals surface area contributed by atoms with Crippen LogP contribution in [0.1, 0.15) is 40.0 Å². The van der Waals surface area contributed by atoms with E-state index in [9.17, 15) is 9.59 Å². The van der Waals surface area contributed by atoms with Gasteiger partial charge in [0.05, 0.1) is 0 Å². The molecule has 0 rings (SSSR count). The van der Waals surface area contributed by atoms with E-state index in [4.69, 9.17) is 15.2 Å². The maximum absolute atomic E-state index is 11.8. The summed E-state index contributed by atoms with van der Waals surface area (Å²) in [6, 6.07) is -0.726. The van der Waals surface area contributed by atoms with Gasteiger partial charge in [-0.15, -0.1) is 0 Å². The fraction of sp³-hybridized carbons (Fsp3) is 0.714.